The van der Waals surface area contributed by atoms with E-state index >= 15 is 0 Å². The van der Waals surface area contributed by atoms with Crippen LogP contribution in [0.3, 0.4) is 0 Å². The molecule has 1 fully saturated rings. The molecule has 1 aromatic rings. The molecule has 1 aliphatic heterocycles. The van der Waals surface area contributed by atoms with Crippen molar-refractivity contribution in [3.8, 4) is 0 Å². The first-order chi connectivity index (χ1) is 9.83. The van der Waals surface area contributed by atoms with E-state index in [1.807, 2.05) is 32.9 Å². The molecule has 1 saturated heterocycles. The lowest BCUT2D eigenvalue weighted by Gasteiger charge is -2.33. The van der Waals surface area contributed by atoms with Crippen LogP contribution in [-0.4, -0.2) is 45.9 Å². The first-order valence-electron chi connectivity index (χ1n) is 7.07. The number of piperidine rings is 1. The van der Waals surface area contributed by atoms with E-state index in [2.05, 4.69) is 38.1 Å². The summed E-state index contributed by atoms with van der Waals surface area (Å²) < 4.78 is 6.26. The van der Waals surface area contributed by atoms with Crippen LogP contribution >= 0.6 is 22.6 Å². The summed E-state index contributed by atoms with van der Waals surface area (Å²) in [6.07, 6.45) is 1.54. The molecule has 116 valence electrons. The molecule has 2 heterocycles. The maximum Gasteiger partial charge on any atom is 0.410 e. The van der Waals surface area contributed by atoms with E-state index in [0.717, 1.165) is 22.4 Å². The molecule has 2 rings (SSSR count). The SMILES string of the molecule is CC(C)(C)OC(=O)N1CCC(Nc2ccc(I)nn2)CC1. The number of nitrogens with zero attached hydrogens (tertiary/aromatic N) is 3. The second kappa shape index (κ2) is 6.76. The second-order valence-electron chi connectivity index (χ2n) is 6.13. The van der Waals surface area contributed by atoms with Gasteiger partial charge in [-0.1, -0.05) is 0 Å². The van der Waals surface area contributed by atoms with E-state index in [9.17, 15) is 4.79 Å². The number of amides is 1. The fourth-order valence-corrected chi connectivity index (χ4v) is 2.42. The van der Waals surface area contributed by atoms with Gasteiger partial charge in [-0.15, -0.1) is 10.2 Å². The van der Waals surface area contributed by atoms with Gasteiger partial charge in [0.15, 0.2) is 0 Å². The molecule has 1 aromatic heterocycles. The highest BCUT2D eigenvalue weighted by molar-refractivity contribution is 14.1. The van der Waals surface area contributed by atoms with Crippen molar-refractivity contribution in [3.05, 3.63) is 15.8 Å². The lowest BCUT2D eigenvalue weighted by atomic mass is 10.1. The molecule has 0 spiro atoms. The van der Waals surface area contributed by atoms with Crippen LogP contribution in [0.25, 0.3) is 0 Å². The molecule has 0 unspecified atom stereocenters. The standard InChI is InChI=1S/C14H21IN4O2/c1-14(2,3)21-13(20)19-8-6-10(7-9-19)16-12-5-4-11(15)17-18-12/h4-5,10H,6-9H2,1-3H3,(H,16,18). The van der Waals surface area contributed by atoms with Crippen molar-refractivity contribution in [1.82, 2.24) is 15.1 Å². The number of carbonyl (C=O) groups is 1. The van der Waals surface area contributed by atoms with E-state index in [1.165, 1.54) is 0 Å². The highest BCUT2D eigenvalue weighted by Gasteiger charge is 2.26. The van der Waals surface area contributed by atoms with Crippen molar-refractivity contribution >= 4 is 34.5 Å². The van der Waals surface area contributed by atoms with Gasteiger partial charge in [0.1, 0.15) is 15.1 Å². The van der Waals surface area contributed by atoms with Gasteiger partial charge >= 0.3 is 6.09 Å². The topological polar surface area (TPSA) is 67.3 Å². The zero-order chi connectivity index (χ0) is 15.5. The monoisotopic (exact) mass is 404 g/mol. The number of aromatic nitrogens is 2. The Hall–Kier alpha value is -1.12. The summed E-state index contributed by atoms with van der Waals surface area (Å²) in [5.74, 6) is 0.783. The van der Waals surface area contributed by atoms with Gasteiger partial charge in [0.25, 0.3) is 0 Å². The molecule has 21 heavy (non-hydrogen) atoms. The molecule has 0 saturated carbocycles. The summed E-state index contributed by atoms with van der Waals surface area (Å²) in [5, 5.41) is 11.5. The molecule has 1 amide bonds. The maximum atomic E-state index is 12.0. The average molecular weight is 404 g/mol. The molecule has 0 atom stereocenters. The Morgan fingerprint density at radius 2 is 2.00 bits per heavy atom. The molecule has 0 aliphatic carbocycles. The summed E-state index contributed by atoms with van der Waals surface area (Å²) in [4.78, 5) is 13.7. The van der Waals surface area contributed by atoms with Gasteiger partial charge in [-0.2, -0.15) is 0 Å². The van der Waals surface area contributed by atoms with Crippen LogP contribution in [0.15, 0.2) is 12.1 Å². The molecule has 0 bridgehead atoms. The molecular formula is C14H21IN4O2. The van der Waals surface area contributed by atoms with Crippen LogP contribution in [0.5, 0.6) is 0 Å². The molecule has 0 aromatic carbocycles. The van der Waals surface area contributed by atoms with E-state index in [-0.39, 0.29) is 6.09 Å². The van der Waals surface area contributed by atoms with Crippen LogP contribution in [0, 0.1) is 3.70 Å². The molecule has 7 heteroatoms. The lowest BCUT2D eigenvalue weighted by Crippen LogP contribution is -2.44. The Bertz CT molecular complexity index is 479. The number of likely N-dealkylation sites (tertiary alicyclic amines) is 1. The third-order valence-corrected chi connectivity index (χ3v) is 3.71. The van der Waals surface area contributed by atoms with Crippen molar-refractivity contribution in [1.29, 1.82) is 0 Å². The fraction of sp³-hybridized carbons (Fsp3) is 0.643. The smallest absolute Gasteiger partial charge is 0.410 e. The Kier molecular flexibility index (Phi) is 5.23. The van der Waals surface area contributed by atoms with Crippen molar-refractivity contribution in [2.75, 3.05) is 18.4 Å². The third kappa shape index (κ3) is 5.29. The quantitative estimate of drug-likeness (QED) is 0.768. The average Bonchev–Trinajstić information content (AvgIpc) is 2.40. The summed E-state index contributed by atoms with van der Waals surface area (Å²) in [6, 6.07) is 4.17. The van der Waals surface area contributed by atoms with Crippen LogP contribution in [0.2, 0.25) is 0 Å². The Balaban J connectivity index is 1.80. The zero-order valence-corrected chi connectivity index (χ0v) is 14.8. The number of halogens is 1. The number of rotatable bonds is 2. The molecule has 0 radical (unpaired) electrons. The summed E-state index contributed by atoms with van der Waals surface area (Å²) in [7, 11) is 0. The van der Waals surface area contributed by atoms with Gasteiger partial charge in [-0.25, -0.2) is 4.79 Å². The normalized spacial score (nSPS) is 16.7. The maximum absolute atomic E-state index is 12.0. The number of hydrogen-bond acceptors (Lipinski definition) is 5. The van der Waals surface area contributed by atoms with Gasteiger partial charge in [0.2, 0.25) is 0 Å². The van der Waals surface area contributed by atoms with E-state index in [1.54, 1.807) is 4.90 Å². The lowest BCUT2D eigenvalue weighted by molar-refractivity contribution is 0.0210. The zero-order valence-electron chi connectivity index (χ0n) is 12.6. The van der Waals surface area contributed by atoms with Gasteiger partial charge in [-0.3, -0.25) is 0 Å². The van der Waals surface area contributed by atoms with Crippen LogP contribution in [0.4, 0.5) is 10.6 Å². The predicted molar refractivity (Wildman–Crippen MR) is 89.2 cm³/mol. The highest BCUT2D eigenvalue weighted by Crippen LogP contribution is 2.18. The Labute approximate surface area is 138 Å². The molecule has 6 nitrogen and oxygen atoms in total. The highest BCUT2D eigenvalue weighted by atomic mass is 127. The number of carbonyl (C=O) groups excluding carboxylic acids is 1. The van der Waals surface area contributed by atoms with Crippen molar-refractivity contribution in [3.63, 3.8) is 0 Å². The minimum absolute atomic E-state index is 0.227. The van der Waals surface area contributed by atoms with E-state index < -0.39 is 5.60 Å². The first-order valence-corrected chi connectivity index (χ1v) is 8.15. The van der Waals surface area contributed by atoms with Gasteiger partial charge < -0.3 is 15.0 Å². The van der Waals surface area contributed by atoms with Crippen LogP contribution in [-0.2, 0) is 4.74 Å². The van der Waals surface area contributed by atoms with Crippen molar-refractivity contribution < 1.29 is 9.53 Å². The Morgan fingerprint density at radius 3 is 2.52 bits per heavy atom. The summed E-state index contributed by atoms with van der Waals surface area (Å²) >= 11 is 2.13. The van der Waals surface area contributed by atoms with Crippen molar-refractivity contribution in [2.45, 2.75) is 45.3 Å². The summed E-state index contributed by atoms with van der Waals surface area (Å²) in [5.41, 5.74) is -0.442. The first kappa shape index (κ1) is 16.3. The van der Waals surface area contributed by atoms with Crippen molar-refractivity contribution in [2.24, 2.45) is 0 Å². The van der Waals surface area contributed by atoms with Crippen LogP contribution in [0.1, 0.15) is 33.6 Å². The largest absolute Gasteiger partial charge is 0.444 e. The van der Waals surface area contributed by atoms with Gasteiger partial charge in [-0.05, 0) is 68.3 Å². The second-order valence-corrected chi connectivity index (χ2v) is 7.23. The molecular weight excluding hydrogens is 383 g/mol. The number of nitrogens with one attached hydrogen (secondary N) is 1. The van der Waals surface area contributed by atoms with E-state index in [0.29, 0.717) is 19.1 Å². The van der Waals surface area contributed by atoms with E-state index in [4.69, 9.17) is 4.74 Å². The minimum atomic E-state index is -0.442. The predicted octanol–water partition coefficient (Wildman–Crippen LogP) is 2.89. The molecule has 1 aliphatic rings. The fourth-order valence-electron chi connectivity index (χ4n) is 2.13. The molecule has 1 N–H and O–H groups in total. The third-order valence-electron chi connectivity index (χ3n) is 3.13. The van der Waals surface area contributed by atoms with Gasteiger partial charge in [0.05, 0.1) is 0 Å². The minimum Gasteiger partial charge on any atom is -0.444 e. The van der Waals surface area contributed by atoms with Gasteiger partial charge in [0, 0.05) is 19.1 Å². The number of hydrogen-bond donors (Lipinski definition) is 1. The van der Waals surface area contributed by atoms with Crippen LogP contribution < -0.4 is 5.32 Å². The summed E-state index contributed by atoms with van der Waals surface area (Å²) in [6.45, 7) is 7.05. The number of anilines is 1. The Morgan fingerprint density at radius 1 is 1.33 bits per heavy atom. The number of ether oxygens (including phenoxy) is 1.